The predicted octanol–water partition coefficient (Wildman–Crippen LogP) is 1.51. The van der Waals surface area contributed by atoms with E-state index >= 15 is 0 Å². The molecule has 0 aromatic carbocycles. The third-order valence-electron chi connectivity index (χ3n) is 2.51. The molecule has 6 heteroatoms. The minimum absolute atomic E-state index is 0.412. The number of nitrogens with zero attached hydrogens (tertiary/aromatic N) is 2. The molecule has 1 fully saturated rings. The van der Waals surface area contributed by atoms with Gasteiger partial charge in [0.1, 0.15) is 18.2 Å². The molecule has 1 aliphatic heterocycles. The van der Waals surface area contributed by atoms with Crippen molar-refractivity contribution in [3.8, 4) is 0 Å². The van der Waals surface area contributed by atoms with Gasteiger partial charge in [0, 0.05) is 24.5 Å². The molecule has 1 aromatic heterocycles. The Labute approximate surface area is 106 Å². The maximum atomic E-state index is 5.75. The number of nitrogens with one attached hydrogen (secondary N) is 1. The van der Waals surface area contributed by atoms with E-state index < -0.39 is 0 Å². The number of anilines is 2. The average Bonchev–Trinajstić information content (AvgIpc) is 2.78. The van der Waals surface area contributed by atoms with Crippen molar-refractivity contribution in [3.05, 3.63) is 11.9 Å². The van der Waals surface area contributed by atoms with Crippen LogP contribution >= 0.6 is 11.8 Å². The fraction of sp³-hybridized carbons (Fsp3) is 0.636. The molecule has 1 unspecified atom stereocenters. The van der Waals surface area contributed by atoms with Crippen LogP contribution in [0.15, 0.2) is 6.07 Å². The molecule has 0 saturated carbocycles. The summed E-state index contributed by atoms with van der Waals surface area (Å²) in [4.78, 5) is 8.54. The Kier molecular flexibility index (Phi) is 4.44. The Morgan fingerprint density at radius 2 is 2.47 bits per heavy atom. The smallest absolute Gasteiger partial charge is 0.158 e. The highest BCUT2D eigenvalue weighted by atomic mass is 32.2. The first kappa shape index (κ1) is 12.4. The Morgan fingerprint density at radius 1 is 1.59 bits per heavy atom. The summed E-state index contributed by atoms with van der Waals surface area (Å²) in [5.41, 5.74) is 5.75. The summed E-state index contributed by atoms with van der Waals surface area (Å²) >= 11 is 1.96. The van der Waals surface area contributed by atoms with Crippen molar-refractivity contribution in [1.29, 1.82) is 0 Å². The third-order valence-corrected chi connectivity index (χ3v) is 3.67. The van der Waals surface area contributed by atoms with Gasteiger partial charge >= 0.3 is 0 Å². The molecule has 0 aliphatic carbocycles. The monoisotopic (exact) mass is 254 g/mol. The molecular formula is C11H18N4OS. The number of nitrogens with two attached hydrogens (primary N) is 1. The van der Waals surface area contributed by atoms with Crippen LogP contribution in [0.4, 0.5) is 11.6 Å². The van der Waals surface area contributed by atoms with Gasteiger partial charge in [-0.25, -0.2) is 9.97 Å². The molecule has 1 saturated heterocycles. The summed E-state index contributed by atoms with van der Waals surface area (Å²) in [5, 5.41) is 3.39. The number of hydrogen-bond donors (Lipinski definition) is 2. The van der Waals surface area contributed by atoms with Crippen LogP contribution in [0.25, 0.3) is 0 Å². The van der Waals surface area contributed by atoms with Crippen LogP contribution in [0, 0.1) is 0 Å². The quantitative estimate of drug-likeness (QED) is 0.830. The van der Waals surface area contributed by atoms with Gasteiger partial charge in [-0.3, -0.25) is 0 Å². The molecule has 1 aliphatic rings. The van der Waals surface area contributed by atoms with Crippen LogP contribution in [-0.4, -0.2) is 34.1 Å². The normalized spacial score (nSPS) is 19.5. The lowest BCUT2D eigenvalue weighted by Gasteiger charge is -2.13. The molecule has 2 heterocycles. The van der Waals surface area contributed by atoms with Gasteiger partial charge in [-0.2, -0.15) is 11.8 Å². The summed E-state index contributed by atoms with van der Waals surface area (Å²) in [6.45, 7) is 3.01. The molecule has 1 aromatic rings. The maximum absolute atomic E-state index is 5.75. The highest BCUT2D eigenvalue weighted by Crippen LogP contribution is 2.21. The molecule has 5 nitrogen and oxygen atoms in total. The van der Waals surface area contributed by atoms with E-state index in [-0.39, 0.29) is 0 Å². The molecule has 2 rings (SSSR count). The van der Waals surface area contributed by atoms with Crippen LogP contribution in [0.3, 0.4) is 0 Å². The van der Waals surface area contributed by atoms with E-state index in [0.29, 0.717) is 30.9 Å². The van der Waals surface area contributed by atoms with E-state index in [9.17, 15) is 0 Å². The van der Waals surface area contributed by atoms with Crippen molar-refractivity contribution in [2.75, 3.05) is 29.2 Å². The summed E-state index contributed by atoms with van der Waals surface area (Å²) in [5.74, 6) is 4.27. The van der Waals surface area contributed by atoms with Gasteiger partial charge < -0.3 is 15.8 Å². The zero-order chi connectivity index (χ0) is 12.1. The van der Waals surface area contributed by atoms with E-state index in [1.165, 1.54) is 12.2 Å². The summed E-state index contributed by atoms with van der Waals surface area (Å²) < 4.78 is 5.29. The number of ether oxygens (including phenoxy) is 1. The van der Waals surface area contributed by atoms with Gasteiger partial charge in [0.2, 0.25) is 0 Å². The van der Waals surface area contributed by atoms with Gasteiger partial charge in [-0.1, -0.05) is 0 Å². The molecule has 0 amide bonds. The van der Waals surface area contributed by atoms with E-state index in [1.807, 2.05) is 18.7 Å². The minimum Gasteiger partial charge on any atom is -0.384 e. The molecule has 0 radical (unpaired) electrons. The second-order valence-corrected chi connectivity index (χ2v) is 5.09. The largest absolute Gasteiger partial charge is 0.384 e. The Morgan fingerprint density at radius 3 is 3.18 bits per heavy atom. The number of rotatable bonds is 5. The second-order valence-electron chi connectivity index (χ2n) is 3.94. The molecular weight excluding hydrogens is 236 g/mol. The Bertz CT molecular complexity index is 368. The summed E-state index contributed by atoms with van der Waals surface area (Å²) in [6, 6.07) is 2.27. The third kappa shape index (κ3) is 3.74. The number of thioether (sulfide) groups is 1. The van der Waals surface area contributed by atoms with Crippen molar-refractivity contribution < 1.29 is 4.74 Å². The highest BCUT2D eigenvalue weighted by Gasteiger charge is 2.16. The van der Waals surface area contributed by atoms with Crippen molar-refractivity contribution in [2.45, 2.75) is 26.0 Å². The fourth-order valence-electron chi connectivity index (χ4n) is 1.71. The van der Waals surface area contributed by atoms with Crippen LogP contribution in [-0.2, 0) is 11.3 Å². The molecule has 0 bridgehead atoms. The van der Waals surface area contributed by atoms with Crippen LogP contribution in [0.1, 0.15) is 19.2 Å². The Balaban J connectivity index is 2.02. The van der Waals surface area contributed by atoms with E-state index in [0.717, 1.165) is 11.6 Å². The van der Waals surface area contributed by atoms with Crippen LogP contribution in [0.2, 0.25) is 0 Å². The number of hydrogen-bond acceptors (Lipinski definition) is 6. The lowest BCUT2D eigenvalue weighted by atomic mass is 10.2. The van der Waals surface area contributed by atoms with Crippen molar-refractivity contribution >= 4 is 23.4 Å². The molecule has 1 atom stereocenters. The van der Waals surface area contributed by atoms with Gasteiger partial charge in [-0.15, -0.1) is 0 Å². The molecule has 94 valence electrons. The second kappa shape index (κ2) is 6.07. The van der Waals surface area contributed by atoms with Gasteiger partial charge in [-0.05, 0) is 19.1 Å². The number of nitrogen functional groups attached to an aromatic ring is 1. The van der Waals surface area contributed by atoms with E-state index in [4.69, 9.17) is 10.5 Å². The van der Waals surface area contributed by atoms with Crippen LogP contribution < -0.4 is 11.1 Å². The summed E-state index contributed by atoms with van der Waals surface area (Å²) in [7, 11) is 0. The highest BCUT2D eigenvalue weighted by molar-refractivity contribution is 7.99. The first-order valence-corrected chi connectivity index (χ1v) is 6.99. The molecule has 17 heavy (non-hydrogen) atoms. The average molecular weight is 254 g/mol. The topological polar surface area (TPSA) is 73.1 Å². The first-order chi connectivity index (χ1) is 8.28. The zero-order valence-electron chi connectivity index (χ0n) is 9.98. The maximum Gasteiger partial charge on any atom is 0.158 e. The zero-order valence-corrected chi connectivity index (χ0v) is 10.8. The van der Waals surface area contributed by atoms with Crippen LogP contribution in [0.5, 0.6) is 0 Å². The van der Waals surface area contributed by atoms with E-state index in [2.05, 4.69) is 15.3 Å². The van der Waals surface area contributed by atoms with Crippen molar-refractivity contribution in [1.82, 2.24) is 9.97 Å². The van der Waals surface area contributed by atoms with Gasteiger partial charge in [0.05, 0.1) is 0 Å². The van der Waals surface area contributed by atoms with Gasteiger partial charge in [0.15, 0.2) is 5.82 Å². The van der Waals surface area contributed by atoms with Crippen molar-refractivity contribution in [3.63, 3.8) is 0 Å². The molecule has 0 spiro atoms. The van der Waals surface area contributed by atoms with Gasteiger partial charge in [0.25, 0.3) is 0 Å². The number of aromatic nitrogens is 2. The first-order valence-electron chi connectivity index (χ1n) is 5.83. The SMILES string of the molecule is CCOCc1nc(N)cc(NC2CCSC2)n1. The Hall–Kier alpha value is -1.01. The lowest BCUT2D eigenvalue weighted by molar-refractivity contribution is 0.128. The summed E-state index contributed by atoms with van der Waals surface area (Å²) in [6.07, 6.45) is 1.18. The minimum atomic E-state index is 0.412. The lowest BCUT2D eigenvalue weighted by Crippen LogP contribution is -2.19. The fourth-order valence-corrected chi connectivity index (χ4v) is 2.86. The standard InChI is InChI=1S/C11H18N4OS/c1-2-16-6-11-14-9(12)5-10(15-11)13-8-3-4-17-7-8/h5,8H,2-4,6-7H2,1H3,(H3,12,13,14,15). The van der Waals surface area contributed by atoms with E-state index in [1.54, 1.807) is 6.07 Å². The predicted molar refractivity (Wildman–Crippen MR) is 71.1 cm³/mol. The molecule has 3 N–H and O–H groups in total. The van der Waals surface area contributed by atoms with Crippen molar-refractivity contribution in [2.24, 2.45) is 0 Å².